The van der Waals surface area contributed by atoms with Crippen molar-refractivity contribution in [3.8, 4) is 56.2 Å². The molecule has 9 rings (SSSR count). The molecular formula is C46H30N2. The van der Waals surface area contributed by atoms with Gasteiger partial charge < -0.3 is 0 Å². The molecule has 0 aliphatic heterocycles. The van der Waals surface area contributed by atoms with Gasteiger partial charge in [-0.25, -0.2) is 9.97 Å². The van der Waals surface area contributed by atoms with Gasteiger partial charge >= 0.3 is 0 Å². The Labute approximate surface area is 279 Å². The molecule has 0 spiro atoms. The zero-order valence-corrected chi connectivity index (χ0v) is 26.2. The minimum absolute atomic E-state index is 0.716. The normalized spacial score (nSPS) is 11.3. The van der Waals surface area contributed by atoms with Gasteiger partial charge in [0.15, 0.2) is 5.82 Å². The van der Waals surface area contributed by atoms with Crippen LogP contribution in [-0.4, -0.2) is 9.97 Å². The van der Waals surface area contributed by atoms with Gasteiger partial charge in [0.05, 0.1) is 11.4 Å². The van der Waals surface area contributed by atoms with Gasteiger partial charge in [-0.15, -0.1) is 0 Å². The Morgan fingerprint density at radius 3 is 1.48 bits per heavy atom. The highest BCUT2D eigenvalue weighted by Crippen LogP contribution is 2.36. The molecule has 9 aromatic rings. The molecule has 0 aliphatic rings. The van der Waals surface area contributed by atoms with Gasteiger partial charge in [-0.2, -0.15) is 0 Å². The average molecular weight is 611 g/mol. The van der Waals surface area contributed by atoms with Crippen LogP contribution >= 0.6 is 0 Å². The van der Waals surface area contributed by atoms with Crippen molar-refractivity contribution in [2.24, 2.45) is 0 Å². The lowest BCUT2D eigenvalue weighted by molar-refractivity contribution is 1.18. The van der Waals surface area contributed by atoms with Gasteiger partial charge in [0.1, 0.15) is 0 Å². The van der Waals surface area contributed by atoms with Crippen molar-refractivity contribution in [3.63, 3.8) is 0 Å². The van der Waals surface area contributed by atoms with E-state index in [1.807, 2.05) is 24.3 Å². The summed E-state index contributed by atoms with van der Waals surface area (Å²) in [4.78, 5) is 10.1. The highest BCUT2D eigenvalue weighted by atomic mass is 14.9. The van der Waals surface area contributed by atoms with Crippen LogP contribution < -0.4 is 0 Å². The molecule has 0 amide bonds. The van der Waals surface area contributed by atoms with Crippen LogP contribution in [0.25, 0.3) is 88.5 Å². The Bertz CT molecular complexity index is 2570. The molecule has 0 bridgehead atoms. The molecule has 0 saturated heterocycles. The molecule has 0 unspecified atom stereocenters. The van der Waals surface area contributed by atoms with Crippen molar-refractivity contribution in [1.82, 2.24) is 9.97 Å². The molecule has 1 heterocycles. The first-order chi connectivity index (χ1) is 23.8. The van der Waals surface area contributed by atoms with Gasteiger partial charge in [-0.05, 0) is 72.8 Å². The molecule has 1 aromatic heterocycles. The molecule has 0 atom stereocenters. The number of hydrogen-bond acceptors (Lipinski definition) is 2. The summed E-state index contributed by atoms with van der Waals surface area (Å²) in [5.41, 5.74) is 9.69. The first kappa shape index (κ1) is 27.9. The van der Waals surface area contributed by atoms with Gasteiger partial charge in [0.25, 0.3) is 0 Å². The van der Waals surface area contributed by atoms with Crippen molar-refractivity contribution >= 4 is 32.3 Å². The van der Waals surface area contributed by atoms with Crippen molar-refractivity contribution in [3.05, 3.63) is 182 Å². The fourth-order valence-corrected chi connectivity index (χ4v) is 6.78. The number of hydrogen-bond donors (Lipinski definition) is 0. The van der Waals surface area contributed by atoms with Gasteiger partial charge in [-0.3, -0.25) is 0 Å². The fraction of sp³-hybridized carbons (Fsp3) is 0. The van der Waals surface area contributed by atoms with Crippen LogP contribution in [0.4, 0.5) is 0 Å². The number of rotatable bonds is 5. The molecule has 224 valence electrons. The zero-order valence-electron chi connectivity index (χ0n) is 26.2. The van der Waals surface area contributed by atoms with E-state index in [0.717, 1.165) is 28.1 Å². The Hall–Kier alpha value is -6.38. The van der Waals surface area contributed by atoms with Crippen molar-refractivity contribution < 1.29 is 0 Å². The van der Waals surface area contributed by atoms with Crippen LogP contribution in [0.2, 0.25) is 0 Å². The van der Waals surface area contributed by atoms with E-state index in [4.69, 9.17) is 9.97 Å². The summed E-state index contributed by atoms with van der Waals surface area (Å²) in [5.74, 6) is 0.716. The summed E-state index contributed by atoms with van der Waals surface area (Å²) in [6, 6.07) is 64.6. The second kappa shape index (κ2) is 11.8. The van der Waals surface area contributed by atoms with E-state index in [0.29, 0.717) is 5.82 Å². The number of aromatic nitrogens is 2. The Balaban J connectivity index is 1.11. The Morgan fingerprint density at radius 2 is 0.812 bits per heavy atom. The number of fused-ring (bicyclic) bond motifs is 4. The molecule has 0 fully saturated rings. The fourth-order valence-electron chi connectivity index (χ4n) is 6.78. The van der Waals surface area contributed by atoms with E-state index in [1.165, 1.54) is 54.6 Å². The van der Waals surface area contributed by atoms with E-state index in [1.54, 1.807) is 0 Å². The topological polar surface area (TPSA) is 25.8 Å². The zero-order chi connectivity index (χ0) is 31.9. The molecule has 0 saturated carbocycles. The van der Waals surface area contributed by atoms with Crippen LogP contribution in [0, 0.1) is 0 Å². The van der Waals surface area contributed by atoms with Crippen molar-refractivity contribution in [2.45, 2.75) is 0 Å². The maximum absolute atomic E-state index is 5.06. The highest BCUT2D eigenvalue weighted by molar-refractivity contribution is 6.15. The summed E-state index contributed by atoms with van der Waals surface area (Å²) in [6.45, 7) is 0. The lowest BCUT2D eigenvalue weighted by atomic mass is 9.93. The third kappa shape index (κ3) is 5.10. The largest absolute Gasteiger partial charge is 0.228 e. The second-order valence-electron chi connectivity index (χ2n) is 12.2. The first-order valence-electron chi connectivity index (χ1n) is 16.3. The van der Waals surface area contributed by atoms with Crippen LogP contribution in [0.1, 0.15) is 0 Å². The molecule has 48 heavy (non-hydrogen) atoms. The third-order valence-corrected chi connectivity index (χ3v) is 9.28. The van der Waals surface area contributed by atoms with E-state index >= 15 is 0 Å². The summed E-state index contributed by atoms with van der Waals surface area (Å²) >= 11 is 0. The molecular weight excluding hydrogens is 581 g/mol. The monoisotopic (exact) mass is 610 g/mol. The summed E-state index contributed by atoms with van der Waals surface area (Å²) in [7, 11) is 0. The molecule has 0 aliphatic carbocycles. The maximum atomic E-state index is 5.06. The molecule has 0 radical (unpaired) electrons. The minimum Gasteiger partial charge on any atom is -0.228 e. The van der Waals surface area contributed by atoms with E-state index in [2.05, 4.69) is 158 Å². The third-order valence-electron chi connectivity index (χ3n) is 9.28. The van der Waals surface area contributed by atoms with Gasteiger partial charge in [-0.1, -0.05) is 164 Å². The predicted octanol–water partition coefficient (Wildman–Crippen LogP) is 12.3. The lowest BCUT2D eigenvalue weighted by Gasteiger charge is -2.12. The average Bonchev–Trinajstić information content (AvgIpc) is 3.17. The van der Waals surface area contributed by atoms with Crippen molar-refractivity contribution in [1.29, 1.82) is 0 Å². The highest BCUT2D eigenvalue weighted by Gasteiger charge is 2.13. The predicted molar refractivity (Wildman–Crippen MR) is 202 cm³/mol. The van der Waals surface area contributed by atoms with Crippen LogP contribution in [0.15, 0.2) is 182 Å². The Morgan fingerprint density at radius 1 is 0.271 bits per heavy atom. The molecule has 2 nitrogen and oxygen atoms in total. The van der Waals surface area contributed by atoms with E-state index < -0.39 is 0 Å². The van der Waals surface area contributed by atoms with E-state index in [9.17, 15) is 0 Å². The first-order valence-corrected chi connectivity index (χ1v) is 16.3. The van der Waals surface area contributed by atoms with Crippen LogP contribution in [0.5, 0.6) is 0 Å². The summed E-state index contributed by atoms with van der Waals surface area (Å²) < 4.78 is 0. The van der Waals surface area contributed by atoms with Crippen molar-refractivity contribution in [2.75, 3.05) is 0 Å². The summed E-state index contributed by atoms with van der Waals surface area (Å²) in [5, 5.41) is 7.59. The van der Waals surface area contributed by atoms with Gasteiger partial charge in [0, 0.05) is 16.7 Å². The van der Waals surface area contributed by atoms with Gasteiger partial charge in [0.2, 0.25) is 0 Å². The molecule has 8 aromatic carbocycles. The summed E-state index contributed by atoms with van der Waals surface area (Å²) in [6.07, 6.45) is 0. The quantitative estimate of drug-likeness (QED) is 0.143. The smallest absolute Gasteiger partial charge is 0.160 e. The molecule has 0 N–H and O–H groups in total. The maximum Gasteiger partial charge on any atom is 0.160 e. The van der Waals surface area contributed by atoms with Crippen LogP contribution in [-0.2, 0) is 0 Å². The Kier molecular flexibility index (Phi) is 6.84. The minimum atomic E-state index is 0.716. The lowest BCUT2D eigenvalue weighted by Crippen LogP contribution is -1.96. The van der Waals surface area contributed by atoms with E-state index in [-0.39, 0.29) is 0 Å². The number of nitrogens with zero attached hydrogens (tertiary/aromatic N) is 2. The van der Waals surface area contributed by atoms with Crippen LogP contribution in [0.3, 0.4) is 0 Å². The second-order valence-corrected chi connectivity index (χ2v) is 12.2. The number of benzene rings is 8. The SMILES string of the molecule is c1ccc(-c2ccc(-c3cc(-c4ccc(-c5cccc6c5ccc5cc7ccccc7cc56)cc4)nc(-c4ccccc4)n3)cc2)cc1. The standard InChI is InChI=1S/C46H30N2/c1-3-10-31(11-4-1)32-18-22-34(23-19-32)44-30-45(48-46(47-44)36-12-5-2-6-13-36)35-24-20-33(21-25-35)40-16-9-17-41-42(40)27-26-39-28-37-14-7-8-15-38(37)29-43(39)41/h1-30H. The molecule has 2 heteroatoms.